The van der Waals surface area contributed by atoms with Gasteiger partial charge >= 0.3 is 0 Å². The highest BCUT2D eigenvalue weighted by Gasteiger charge is 2.19. The van der Waals surface area contributed by atoms with E-state index in [4.69, 9.17) is 0 Å². The van der Waals surface area contributed by atoms with Gasteiger partial charge in [0.1, 0.15) is 0 Å². The fourth-order valence-corrected chi connectivity index (χ4v) is 3.70. The topological polar surface area (TPSA) is 48.4 Å². The quantitative estimate of drug-likeness (QED) is 0.874. The van der Waals surface area contributed by atoms with Crippen LogP contribution in [-0.2, 0) is 6.54 Å². The minimum atomic E-state index is -0.143. The van der Waals surface area contributed by atoms with E-state index < -0.39 is 0 Å². The predicted molar refractivity (Wildman–Crippen MR) is 97.4 cm³/mol. The summed E-state index contributed by atoms with van der Waals surface area (Å²) in [5.74, 6) is 0.487. The van der Waals surface area contributed by atoms with E-state index in [9.17, 15) is 5.11 Å². The summed E-state index contributed by atoms with van der Waals surface area (Å²) in [7, 11) is 0. The summed E-state index contributed by atoms with van der Waals surface area (Å²) in [6.07, 6.45) is 1.55. The van der Waals surface area contributed by atoms with Crippen LogP contribution in [0.15, 0.2) is 29.6 Å². The molecule has 0 radical (unpaired) electrons. The van der Waals surface area contributed by atoms with Gasteiger partial charge in [0.15, 0.2) is 0 Å². The Bertz CT molecular complexity index is 633. The zero-order chi connectivity index (χ0) is 16.2. The van der Waals surface area contributed by atoms with Gasteiger partial charge in [0.05, 0.1) is 34.7 Å². The molecule has 124 valence electrons. The van der Waals surface area contributed by atoms with Crippen molar-refractivity contribution in [3.8, 4) is 0 Å². The second-order valence-electron chi connectivity index (χ2n) is 6.42. The van der Waals surface area contributed by atoms with Crippen molar-refractivity contribution in [3.05, 3.63) is 40.3 Å². The van der Waals surface area contributed by atoms with Crippen molar-refractivity contribution in [2.24, 2.45) is 0 Å². The Balaban J connectivity index is 1.68. The maximum absolute atomic E-state index is 9.69. The van der Waals surface area contributed by atoms with Crippen LogP contribution < -0.4 is 10.2 Å². The Kier molecular flexibility index (Phi) is 5.18. The first-order chi connectivity index (χ1) is 11.1. The van der Waals surface area contributed by atoms with Crippen LogP contribution in [0.4, 0.5) is 11.4 Å². The molecule has 0 unspecified atom stereocenters. The molecule has 23 heavy (non-hydrogen) atoms. The maximum atomic E-state index is 9.69. The van der Waals surface area contributed by atoms with Crippen LogP contribution in [0.1, 0.15) is 43.3 Å². The molecular formula is C18H25N3OS. The molecule has 4 nitrogen and oxygen atoms in total. The molecule has 2 aromatic rings. The Morgan fingerprint density at radius 2 is 2.04 bits per heavy atom. The monoisotopic (exact) mass is 331 g/mol. The van der Waals surface area contributed by atoms with Gasteiger partial charge in [-0.3, -0.25) is 0 Å². The van der Waals surface area contributed by atoms with Crippen LogP contribution in [0.25, 0.3) is 0 Å². The molecule has 3 rings (SSSR count). The first kappa shape index (κ1) is 16.3. The van der Waals surface area contributed by atoms with Crippen LogP contribution in [-0.4, -0.2) is 29.3 Å². The number of nitrogens with zero attached hydrogens (tertiary/aromatic N) is 2. The third-order valence-corrected chi connectivity index (χ3v) is 5.43. The van der Waals surface area contributed by atoms with E-state index in [2.05, 4.69) is 58.7 Å². The van der Waals surface area contributed by atoms with Gasteiger partial charge in [-0.15, -0.1) is 11.3 Å². The van der Waals surface area contributed by atoms with Crippen molar-refractivity contribution < 1.29 is 5.11 Å². The van der Waals surface area contributed by atoms with Gasteiger partial charge in [0.25, 0.3) is 0 Å². The lowest BCUT2D eigenvalue weighted by atomic mass is 10.1. The second kappa shape index (κ2) is 7.32. The number of aromatic nitrogens is 1. The highest BCUT2D eigenvalue weighted by Crippen LogP contribution is 2.29. The number of anilines is 2. The summed E-state index contributed by atoms with van der Waals surface area (Å²) in [6.45, 7) is 6.92. The number of aliphatic hydroxyl groups is 1. The van der Waals surface area contributed by atoms with Crippen molar-refractivity contribution in [1.29, 1.82) is 0 Å². The first-order valence-corrected chi connectivity index (χ1v) is 9.21. The molecule has 1 aromatic heterocycles. The summed E-state index contributed by atoms with van der Waals surface area (Å²) >= 11 is 1.74. The van der Waals surface area contributed by atoms with E-state index in [0.717, 1.165) is 43.9 Å². The van der Waals surface area contributed by atoms with Crippen LogP contribution in [0, 0.1) is 0 Å². The van der Waals surface area contributed by atoms with E-state index in [1.165, 1.54) is 10.7 Å². The molecule has 0 bridgehead atoms. The standard InChI is InChI=1S/C18H25N3OS/c1-13(2)18-20-14(12-23-18)11-19-16-5-3-4-6-17(16)21-9-7-15(22)8-10-21/h3-6,12-13,15,19,22H,7-11H2,1-2H3. The molecule has 0 amide bonds. The van der Waals surface area contributed by atoms with Gasteiger partial charge in [-0.25, -0.2) is 4.98 Å². The number of rotatable bonds is 5. The van der Waals surface area contributed by atoms with E-state index in [1.54, 1.807) is 11.3 Å². The van der Waals surface area contributed by atoms with E-state index >= 15 is 0 Å². The number of nitrogens with one attached hydrogen (secondary N) is 1. The first-order valence-electron chi connectivity index (χ1n) is 8.33. The Labute approximate surface area is 142 Å². The van der Waals surface area contributed by atoms with Crippen molar-refractivity contribution >= 4 is 22.7 Å². The molecule has 2 N–H and O–H groups in total. The normalized spacial score (nSPS) is 16.1. The smallest absolute Gasteiger partial charge is 0.0954 e. The summed E-state index contributed by atoms with van der Waals surface area (Å²) in [6, 6.07) is 8.41. The average Bonchev–Trinajstić information content (AvgIpc) is 3.03. The van der Waals surface area contributed by atoms with Crippen molar-refractivity contribution in [2.45, 2.75) is 45.3 Å². The minimum Gasteiger partial charge on any atom is -0.393 e. The Morgan fingerprint density at radius 3 is 2.74 bits per heavy atom. The van der Waals surface area contributed by atoms with Gasteiger partial charge in [0, 0.05) is 24.4 Å². The average molecular weight is 331 g/mol. The lowest BCUT2D eigenvalue weighted by molar-refractivity contribution is 0.145. The second-order valence-corrected chi connectivity index (χ2v) is 7.31. The molecule has 2 heterocycles. The van der Waals surface area contributed by atoms with Gasteiger partial charge in [-0.05, 0) is 25.0 Å². The molecular weight excluding hydrogens is 306 g/mol. The molecule has 1 fully saturated rings. The molecule has 5 heteroatoms. The van der Waals surface area contributed by atoms with Gasteiger partial charge < -0.3 is 15.3 Å². The summed E-state index contributed by atoms with van der Waals surface area (Å²) in [5.41, 5.74) is 3.46. The van der Waals surface area contributed by atoms with Gasteiger partial charge in [0.2, 0.25) is 0 Å². The number of hydrogen-bond acceptors (Lipinski definition) is 5. The summed E-state index contributed by atoms with van der Waals surface area (Å²) in [4.78, 5) is 7.04. The van der Waals surface area contributed by atoms with Crippen LogP contribution >= 0.6 is 11.3 Å². The van der Waals surface area contributed by atoms with Crippen molar-refractivity contribution in [2.75, 3.05) is 23.3 Å². The van der Waals surface area contributed by atoms with Crippen LogP contribution in [0.5, 0.6) is 0 Å². The minimum absolute atomic E-state index is 0.143. The molecule has 0 saturated carbocycles. The fraction of sp³-hybridized carbons (Fsp3) is 0.500. The number of para-hydroxylation sites is 2. The van der Waals surface area contributed by atoms with E-state index in [0.29, 0.717) is 5.92 Å². The Morgan fingerprint density at radius 1 is 1.30 bits per heavy atom. The lowest BCUT2D eigenvalue weighted by Crippen LogP contribution is -2.36. The predicted octanol–water partition coefficient (Wildman–Crippen LogP) is 3.84. The van der Waals surface area contributed by atoms with Gasteiger partial charge in [-0.1, -0.05) is 26.0 Å². The number of piperidine rings is 1. The number of aliphatic hydroxyl groups excluding tert-OH is 1. The van der Waals surface area contributed by atoms with Gasteiger partial charge in [-0.2, -0.15) is 0 Å². The van der Waals surface area contributed by atoms with Crippen molar-refractivity contribution in [1.82, 2.24) is 4.98 Å². The molecule has 1 aromatic carbocycles. The molecule has 0 spiro atoms. The SMILES string of the molecule is CC(C)c1nc(CNc2ccccc2N2CCC(O)CC2)cs1. The van der Waals surface area contributed by atoms with E-state index in [1.807, 2.05) is 0 Å². The maximum Gasteiger partial charge on any atom is 0.0954 e. The van der Waals surface area contributed by atoms with Crippen LogP contribution in [0.2, 0.25) is 0 Å². The number of hydrogen-bond donors (Lipinski definition) is 2. The lowest BCUT2D eigenvalue weighted by Gasteiger charge is -2.32. The zero-order valence-electron chi connectivity index (χ0n) is 13.8. The molecule has 1 aliphatic rings. The number of thiazole rings is 1. The highest BCUT2D eigenvalue weighted by atomic mass is 32.1. The fourth-order valence-electron chi connectivity index (χ4n) is 2.86. The molecule has 1 saturated heterocycles. The van der Waals surface area contributed by atoms with Crippen molar-refractivity contribution in [3.63, 3.8) is 0 Å². The summed E-state index contributed by atoms with van der Waals surface area (Å²) < 4.78 is 0. The molecule has 0 aliphatic carbocycles. The third-order valence-electron chi connectivity index (χ3n) is 4.23. The van der Waals surface area contributed by atoms with E-state index in [-0.39, 0.29) is 6.10 Å². The molecule has 1 aliphatic heterocycles. The highest BCUT2D eigenvalue weighted by molar-refractivity contribution is 7.09. The largest absolute Gasteiger partial charge is 0.393 e. The number of benzene rings is 1. The Hall–Kier alpha value is -1.59. The molecule has 0 atom stereocenters. The van der Waals surface area contributed by atoms with Crippen LogP contribution in [0.3, 0.4) is 0 Å². The zero-order valence-corrected chi connectivity index (χ0v) is 14.6. The summed E-state index contributed by atoms with van der Waals surface area (Å²) in [5, 5.41) is 16.6. The third kappa shape index (κ3) is 4.03.